The smallest absolute Gasteiger partial charge is 0.308 e. The van der Waals surface area contributed by atoms with Crippen LogP contribution in [-0.4, -0.2) is 41.6 Å². The second kappa shape index (κ2) is 9.32. The monoisotopic (exact) mass is 350 g/mol. The van der Waals surface area contributed by atoms with Gasteiger partial charge in [-0.1, -0.05) is 51.1 Å². The standard InChI is InChI=1S/C20H30O5/c1-13(10-21)17-12-24-19(23)9-18(22)15(3)20(14(17)2)25-11-16-7-5-4-6-8-16/h4-8,13-15,17-18,20-22H,9-12H2,1-3H3/t13-,14-,15+,17-,18-,20-/m1/s1. The first-order valence-electron chi connectivity index (χ1n) is 9.04. The van der Waals surface area contributed by atoms with Crippen molar-refractivity contribution in [3.8, 4) is 0 Å². The zero-order valence-corrected chi connectivity index (χ0v) is 15.3. The maximum atomic E-state index is 11.9. The number of benzene rings is 1. The second-order valence-corrected chi connectivity index (χ2v) is 7.26. The van der Waals surface area contributed by atoms with Gasteiger partial charge >= 0.3 is 5.97 Å². The van der Waals surface area contributed by atoms with Crippen molar-refractivity contribution in [2.45, 2.75) is 46.0 Å². The number of hydrogen-bond donors (Lipinski definition) is 2. The Morgan fingerprint density at radius 3 is 2.56 bits per heavy atom. The maximum absolute atomic E-state index is 11.9. The Morgan fingerprint density at radius 2 is 1.92 bits per heavy atom. The molecule has 5 nitrogen and oxygen atoms in total. The van der Waals surface area contributed by atoms with Gasteiger partial charge in [0.25, 0.3) is 0 Å². The van der Waals surface area contributed by atoms with Gasteiger partial charge in [-0.3, -0.25) is 4.79 Å². The molecule has 1 aliphatic rings. The van der Waals surface area contributed by atoms with E-state index in [4.69, 9.17) is 9.47 Å². The third-order valence-corrected chi connectivity index (χ3v) is 5.44. The summed E-state index contributed by atoms with van der Waals surface area (Å²) in [4.78, 5) is 11.9. The van der Waals surface area contributed by atoms with Crippen molar-refractivity contribution in [1.82, 2.24) is 0 Å². The number of carbonyl (C=O) groups excluding carboxylic acids is 1. The molecule has 1 heterocycles. The molecule has 5 heteroatoms. The molecule has 1 aromatic carbocycles. The Kier molecular flexibility index (Phi) is 7.41. The van der Waals surface area contributed by atoms with Crippen molar-refractivity contribution in [3.63, 3.8) is 0 Å². The number of aliphatic hydroxyl groups excluding tert-OH is 2. The van der Waals surface area contributed by atoms with Crippen LogP contribution >= 0.6 is 0 Å². The predicted octanol–water partition coefficient (Wildman–Crippen LogP) is 2.40. The molecule has 140 valence electrons. The van der Waals surface area contributed by atoms with E-state index in [1.54, 1.807) is 0 Å². The largest absolute Gasteiger partial charge is 0.465 e. The number of esters is 1. The van der Waals surface area contributed by atoms with E-state index >= 15 is 0 Å². The molecule has 0 saturated carbocycles. The van der Waals surface area contributed by atoms with E-state index in [2.05, 4.69) is 6.92 Å². The molecule has 0 aromatic heterocycles. The zero-order valence-electron chi connectivity index (χ0n) is 15.3. The van der Waals surface area contributed by atoms with E-state index < -0.39 is 12.1 Å². The van der Waals surface area contributed by atoms with Gasteiger partial charge in [0, 0.05) is 18.4 Å². The van der Waals surface area contributed by atoms with E-state index in [0.717, 1.165) is 5.56 Å². The normalized spacial score (nSPS) is 32.2. The summed E-state index contributed by atoms with van der Waals surface area (Å²) in [6, 6.07) is 9.89. The SMILES string of the molecule is C[C@@H]1[C@@H]([C@H](C)CO)COC(=O)C[C@@H](O)[C@H](C)[C@@H]1OCc1ccccc1. The fourth-order valence-electron chi connectivity index (χ4n) is 3.59. The first kappa shape index (κ1) is 19.9. The molecule has 0 bridgehead atoms. The first-order valence-corrected chi connectivity index (χ1v) is 9.04. The average Bonchev–Trinajstić information content (AvgIpc) is 2.65. The molecule has 0 amide bonds. The van der Waals surface area contributed by atoms with Gasteiger partial charge in [0.05, 0.1) is 31.8 Å². The van der Waals surface area contributed by atoms with Crippen LogP contribution in [0.3, 0.4) is 0 Å². The number of ether oxygens (including phenoxy) is 2. The molecule has 1 fully saturated rings. The van der Waals surface area contributed by atoms with Crippen molar-refractivity contribution in [3.05, 3.63) is 35.9 Å². The van der Waals surface area contributed by atoms with Crippen LogP contribution in [0.5, 0.6) is 0 Å². The Morgan fingerprint density at radius 1 is 1.24 bits per heavy atom. The fourth-order valence-corrected chi connectivity index (χ4v) is 3.59. The highest BCUT2D eigenvalue weighted by atomic mass is 16.5. The highest BCUT2D eigenvalue weighted by Crippen LogP contribution is 2.33. The molecule has 1 aliphatic heterocycles. The summed E-state index contributed by atoms with van der Waals surface area (Å²) in [5, 5.41) is 20.0. The summed E-state index contributed by atoms with van der Waals surface area (Å²) < 4.78 is 11.5. The van der Waals surface area contributed by atoms with Crippen molar-refractivity contribution < 1.29 is 24.5 Å². The average molecular weight is 350 g/mol. The van der Waals surface area contributed by atoms with Gasteiger partial charge in [0.1, 0.15) is 0 Å². The number of rotatable bonds is 5. The Bertz CT molecular complexity index is 532. The summed E-state index contributed by atoms with van der Waals surface area (Å²) in [7, 11) is 0. The molecule has 25 heavy (non-hydrogen) atoms. The molecular formula is C20H30O5. The van der Waals surface area contributed by atoms with Crippen LogP contribution in [0.25, 0.3) is 0 Å². The lowest BCUT2D eigenvalue weighted by Crippen LogP contribution is -2.41. The quantitative estimate of drug-likeness (QED) is 0.798. The molecule has 1 saturated heterocycles. The molecular weight excluding hydrogens is 320 g/mol. The van der Waals surface area contributed by atoms with Crippen molar-refractivity contribution in [1.29, 1.82) is 0 Å². The highest BCUT2D eigenvalue weighted by molar-refractivity contribution is 5.70. The van der Waals surface area contributed by atoms with Crippen molar-refractivity contribution in [2.24, 2.45) is 23.7 Å². The second-order valence-electron chi connectivity index (χ2n) is 7.26. The van der Waals surface area contributed by atoms with Gasteiger partial charge in [-0.15, -0.1) is 0 Å². The highest BCUT2D eigenvalue weighted by Gasteiger charge is 2.38. The van der Waals surface area contributed by atoms with Crippen LogP contribution in [0.15, 0.2) is 30.3 Å². The minimum Gasteiger partial charge on any atom is -0.465 e. The molecule has 2 N–H and O–H groups in total. The predicted molar refractivity (Wildman–Crippen MR) is 94.7 cm³/mol. The topological polar surface area (TPSA) is 76.0 Å². The number of aliphatic hydroxyl groups is 2. The van der Waals surface area contributed by atoms with Crippen molar-refractivity contribution >= 4 is 5.97 Å². The molecule has 2 rings (SSSR count). The van der Waals surface area contributed by atoms with Gasteiger partial charge in [0.15, 0.2) is 0 Å². The number of carbonyl (C=O) groups is 1. The van der Waals surface area contributed by atoms with Gasteiger partial charge in [-0.05, 0) is 17.4 Å². The van der Waals surface area contributed by atoms with Crippen LogP contribution in [0.4, 0.5) is 0 Å². The van der Waals surface area contributed by atoms with E-state index in [1.165, 1.54) is 0 Å². The Hall–Kier alpha value is -1.43. The molecule has 1 aromatic rings. The Balaban J connectivity index is 2.20. The van der Waals surface area contributed by atoms with Gasteiger partial charge in [-0.25, -0.2) is 0 Å². The molecule has 0 unspecified atom stereocenters. The number of hydrogen-bond acceptors (Lipinski definition) is 5. The first-order chi connectivity index (χ1) is 11.9. The van der Waals surface area contributed by atoms with Crippen LogP contribution in [0.2, 0.25) is 0 Å². The minimum absolute atomic E-state index is 0.0203. The van der Waals surface area contributed by atoms with E-state index in [1.807, 2.05) is 44.2 Å². The molecule has 6 atom stereocenters. The van der Waals surface area contributed by atoms with Crippen LogP contribution < -0.4 is 0 Å². The lowest BCUT2D eigenvalue weighted by Gasteiger charge is -2.36. The van der Waals surface area contributed by atoms with Crippen LogP contribution in [-0.2, 0) is 20.9 Å². The Labute approximate surface area is 150 Å². The van der Waals surface area contributed by atoms with Crippen molar-refractivity contribution in [2.75, 3.05) is 13.2 Å². The summed E-state index contributed by atoms with van der Waals surface area (Å²) in [5.41, 5.74) is 1.07. The summed E-state index contributed by atoms with van der Waals surface area (Å²) in [5.74, 6) is -0.625. The summed E-state index contributed by atoms with van der Waals surface area (Å²) in [6.07, 6.45) is -1.07. The third-order valence-electron chi connectivity index (χ3n) is 5.44. The van der Waals surface area contributed by atoms with Crippen LogP contribution in [0, 0.1) is 23.7 Å². The van der Waals surface area contributed by atoms with E-state index in [-0.39, 0.29) is 49.4 Å². The molecule has 0 aliphatic carbocycles. The third kappa shape index (κ3) is 5.27. The lowest BCUT2D eigenvalue weighted by atomic mass is 9.76. The number of cyclic esters (lactones) is 1. The van der Waals surface area contributed by atoms with Crippen LogP contribution in [0.1, 0.15) is 32.8 Å². The summed E-state index contributed by atoms with van der Waals surface area (Å²) in [6.45, 7) is 6.62. The lowest BCUT2D eigenvalue weighted by molar-refractivity contribution is -0.148. The molecule has 0 radical (unpaired) electrons. The fraction of sp³-hybridized carbons (Fsp3) is 0.650. The zero-order chi connectivity index (χ0) is 18.4. The van der Waals surface area contributed by atoms with Gasteiger partial charge in [0.2, 0.25) is 0 Å². The van der Waals surface area contributed by atoms with E-state index in [0.29, 0.717) is 6.61 Å². The van der Waals surface area contributed by atoms with E-state index in [9.17, 15) is 15.0 Å². The summed E-state index contributed by atoms with van der Waals surface area (Å²) >= 11 is 0. The molecule has 0 spiro atoms. The van der Waals surface area contributed by atoms with Gasteiger partial charge in [-0.2, -0.15) is 0 Å². The van der Waals surface area contributed by atoms with Gasteiger partial charge < -0.3 is 19.7 Å². The minimum atomic E-state index is -0.807. The maximum Gasteiger partial charge on any atom is 0.308 e.